The molecule has 20 heavy (non-hydrogen) atoms. The number of amides is 3. The number of hydrogen-bond acceptors (Lipinski definition) is 5. The summed E-state index contributed by atoms with van der Waals surface area (Å²) in [5, 5.41) is 11.1. The zero-order chi connectivity index (χ0) is 15.1. The molecule has 1 aliphatic heterocycles. The van der Waals surface area contributed by atoms with Crippen molar-refractivity contribution in [1.82, 2.24) is 10.2 Å². The standard InChI is InChI=1S/C12H17N3O5/c13-8(12(19)20)2-1-6-14-9(16)5-7-15-10(17)3-4-11(15)18/h3-4,8H,1-2,5-7,13H2,(H,14,16)(H,19,20). The van der Waals surface area contributed by atoms with Crippen LogP contribution >= 0.6 is 0 Å². The third kappa shape index (κ3) is 4.81. The maximum absolute atomic E-state index is 11.5. The average Bonchev–Trinajstić information content (AvgIpc) is 2.71. The van der Waals surface area contributed by atoms with E-state index < -0.39 is 23.8 Å². The fraction of sp³-hybridized carbons (Fsp3) is 0.500. The average molecular weight is 283 g/mol. The molecule has 1 unspecified atom stereocenters. The highest BCUT2D eigenvalue weighted by atomic mass is 16.4. The number of carbonyl (C=O) groups is 4. The summed E-state index contributed by atoms with van der Waals surface area (Å²) in [7, 11) is 0. The van der Waals surface area contributed by atoms with Crippen LogP contribution in [0, 0.1) is 0 Å². The molecule has 0 radical (unpaired) electrons. The lowest BCUT2D eigenvalue weighted by Gasteiger charge is -2.13. The van der Waals surface area contributed by atoms with Gasteiger partial charge in [0.25, 0.3) is 11.8 Å². The molecule has 0 spiro atoms. The topological polar surface area (TPSA) is 130 Å². The lowest BCUT2D eigenvalue weighted by atomic mass is 10.2. The van der Waals surface area contributed by atoms with Crippen LogP contribution in [-0.4, -0.2) is 52.8 Å². The molecular weight excluding hydrogens is 266 g/mol. The van der Waals surface area contributed by atoms with Crippen LogP contribution in [0.3, 0.4) is 0 Å². The Kier molecular flexibility index (Phi) is 5.85. The first-order valence-corrected chi connectivity index (χ1v) is 6.20. The van der Waals surface area contributed by atoms with Crippen LogP contribution in [0.4, 0.5) is 0 Å². The number of nitrogens with one attached hydrogen (secondary N) is 1. The van der Waals surface area contributed by atoms with Crippen molar-refractivity contribution in [3.05, 3.63) is 12.2 Å². The Morgan fingerprint density at radius 1 is 1.30 bits per heavy atom. The number of imide groups is 1. The molecule has 1 atom stereocenters. The Labute approximate surface area is 115 Å². The van der Waals surface area contributed by atoms with Crippen molar-refractivity contribution in [2.75, 3.05) is 13.1 Å². The van der Waals surface area contributed by atoms with Gasteiger partial charge in [0.2, 0.25) is 5.91 Å². The molecule has 0 aromatic rings. The summed E-state index contributed by atoms with van der Waals surface area (Å²) in [6.07, 6.45) is 3.05. The second-order valence-electron chi connectivity index (χ2n) is 4.35. The van der Waals surface area contributed by atoms with Gasteiger partial charge in [-0.1, -0.05) is 0 Å². The molecule has 0 aromatic heterocycles. The number of hydrogen-bond donors (Lipinski definition) is 3. The van der Waals surface area contributed by atoms with Crippen molar-refractivity contribution < 1.29 is 24.3 Å². The van der Waals surface area contributed by atoms with E-state index in [1.165, 1.54) is 0 Å². The molecule has 0 saturated heterocycles. The molecule has 1 aliphatic rings. The Hall–Kier alpha value is -2.22. The van der Waals surface area contributed by atoms with E-state index in [9.17, 15) is 19.2 Å². The number of nitrogens with zero attached hydrogens (tertiary/aromatic N) is 1. The molecule has 4 N–H and O–H groups in total. The van der Waals surface area contributed by atoms with Crippen molar-refractivity contribution in [1.29, 1.82) is 0 Å². The molecule has 3 amide bonds. The minimum Gasteiger partial charge on any atom is -0.480 e. The van der Waals surface area contributed by atoms with Gasteiger partial charge in [-0.3, -0.25) is 24.1 Å². The number of aliphatic carboxylic acids is 1. The third-order valence-electron chi connectivity index (χ3n) is 2.79. The van der Waals surface area contributed by atoms with E-state index in [0.29, 0.717) is 13.0 Å². The maximum atomic E-state index is 11.5. The molecule has 8 nitrogen and oxygen atoms in total. The molecule has 0 aromatic carbocycles. The van der Waals surface area contributed by atoms with Crippen molar-refractivity contribution in [3.63, 3.8) is 0 Å². The van der Waals surface area contributed by atoms with Crippen molar-refractivity contribution >= 4 is 23.7 Å². The van der Waals surface area contributed by atoms with Crippen LogP contribution in [-0.2, 0) is 19.2 Å². The fourth-order valence-electron chi connectivity index (χ4n) is 1.63. The first kappa shape index (κ1) is 15.8. The summed E-state index contributed by atoms with van der Waals surface area (Å²) in [6.45, 7) is 0.338. The number of nitrogens with two attached hydrogens (primary N) is 1. The van der Waals surface area contributed by atoms with E-state index in [1.54, 1.807) is 0 Å². The quantitative estimate of drug-likeness (QED) is 0.371. The summed E-state index contributed by atoms with van der Waals surface area (Å²) in [5.41, 5.74) is 5.30. The van der Waals surface area contributed by atoms with Crippen LogP contribution in [0.1, 0.15) is 19.3 Å². The van der Waals surface area contributed by atoms with Gasteiger partial charge in [-0.2, -0.15) is 0 Å². The van der Waals surface area contributed by atoms with Crippen LogP contribution in [0.15, 0.2) is 12.2 Å². The van der Waals surface area contributed by atoms with Crippen molar-refractivity contribution in [3.8, 4) is 0 Å². The van der Waals surface area contributed by atoms with Gasteiger partial charge in [0.15, 0.2) is 0 Å². The largest absolute Gasteiger partial charge is 0.480 e. The van der Waals surface area contributed by atoms with E-state index >= 15 is 0 Å². The van der Waals surface area contributed by atoms with Crippen LogP contribution in [0.25, 0.3) is 0 Å². The number of carboxylic acid groups (broad SMARTS) is 1. The predicted octanol–water partition coefficient (Wildman–Crippen LogP) is -1.39. The van der Waals surface area contributed by atoms with E-state index in [1.807, 2.05) is 0 Å². The summed E-state index contributed by atoms with van der Waals surface area (Å²) in [6, 6.07) is -0.933. The minimum atomic E-state index is -1.07. The monoisotopic (exact) mass is 283 g/mol. The Morgan fingerprint density at radius 2 is 1.90 bits per heavy atom. The Morgan fingerprint density at radius 3 is 2.45 bits per heavy atom. The van der Waals surface area contributed by atoms with Gasteiger partial charge in [0.1, 0.15) is 6.04 Å². The summed E-state index contributed by atoms with van der Waals surface area (Å²) >= 11 is 0. The highest BCUT2D eigenvalue weighted by molar-refractivity contribution is 6.13. The van der Waals surface area contributed by atoms with E-state index in [-0.39, 0.29) is 25.3 Å². The molecule has 1 heterocycles. The molecule has 1 rings (SSSR count). The fourth-order valence-corrected chi connectivity index (χ4v) is 1.63. The SMILES string of the molecule is NC(CCCNC(=O)CCN1C(=O)C=CC1=O)C(=O)O. The van der Waals surface area contributed by atoms with Crippen molar-refractivity contribution in [2.24, 2.45) is 5.73 Å². The normalized spacial score (nSPS) is 15.6. The highest BCUT2D eigenvalue weighted by Crippen LogP contribution is 2.04. The predicted molar refractivity (Wildman–Crippen MR) is 68.3 cm³/mol. The van der Waals surface area contributed by atoms with Gasteiger partial charge in [-0.25, -0.2) is 0 Å². The Balaban J connectivity index is 2.14. The minimum absolute atomic E-state index is 0.0180. The first-order chi connectivity index (χ1) is 9.41. The molecule has 0 saturated carbocycles. The molecule has 0 fully saturated rings. The highest BCUT2D eigenvalue weighted by Gasteiger charge is 2.23. The van der Waals surface area contributed by atoms with Crippen molar-refractivity contribution in [2.45, 2.75) is 25.3 Å². The second kappa shape index (κ2) is 7.39. The molecule has 110 valence electrons. The third-order valence-corrected chi connectivity index (χ3v) is 2.79. The number of rotatable bonds is 8. The van der Waals surface area contributed by atoms with Gasteiger partial charge in [-0.05, 0) is 12.8 Å². The molecular formula is C12H17N3O5. The van der Waals surface area contributed by atoms with Gasteiger partial charge in [0, 0.05) is 31.7 Å². The number of carbonyl (C=O) groups excluding carboxylic acids is 3. The van der Waals surface area contributed by atoms with Crippen LogP contribution in [0.2, 0.25) is 0 Å². The van der Waals surface area contributed by atoms with Crippen LogP contribution in [0.5, 0.6) is 0 Å². The van der Waals surface area contributed by atoms with Gasteiger partial charge in [-0.15, -0.1) is 0 Å². The lowest BCUT2D eigenvalue weighted by Crippen LogP contribution is -2.35. The molecule has 0 bridgehead atoms. The van der Waals surface area contributed by atoms with Crippen LogP contribution < -0.4 is 11.1 Å². The van der Waals surface area contributed by atoms with E-state index in [2.05, 4.69) is 5.32 Å². The molecule has 0 aliphatic carbocycles. The summed E-state index contributed by atoms with van der Waals surface area (Å²) in [4.78, 5) is 45.3. The summed E-state index contributed by atoms with van der Waals surface area (Å²) in [5.74, 6) is -2.22. The van der Waals surface area contributed by atoms with Gasteiger partial charge >= 0.3 is 5.97 Å². The zero-order valence-corrected chi connectivity index (χ0v) is 10.9. The molecule has 8 heteroatoms. The summed E-state index contributed by atoms with van der Waals surface area (Å²) < 4.78 is 0. The second-order valence-corrected chi connectivity index (χ2v) is 4.35. The van der Waals surface area contributed by atoms with E-state index in [4.69, 9.17) is 10.8 Å². The lowest BCUT2D eigenvalue weighted by molar-refractivity contribution is -0.139. The number of carboxylic acids is 1. The smallest absolute Gasteiger partial charge is 0.320 e. The van der Waals surface area contributed by atoms with Gasteiger partial charge < -0.3 is 16.2 Å². The van der Waals surface area contributed by atoms with Gasteiger partial charge in [0.05, 0.1) is 0 Å². The first-order valence-electron chi connectivity index (χ1n) is 6.20. The Bertz CT molecular complexity index is 428. The maximum Gasteiger partial charge on any atom is 0.320 e. The van der Waals surface area contributed by atoms with E-state index in [0.717, 1.165) is 17.1 Å². The zero-order valence-electron chi connectivity index (χ0n) is 10.9.